The Labute approximate surface area is 142 Å². The van der Waals surface area contributed by atoms with E-state index in [4.69, 9.17) is 4.74 Å². The van der Waals surface area contributed by atoms with Crippen LogP contribution >= 0.6 is 0 Å². The van der Waals surface area contributed by atoms with Crippen molar-refractivity contribution in [2.45, 2.75) is 50.5 Å². The van der Waals surface area contributed by atoms with Gasteiger partial charge in [-0.05, 0) is 68.2 Å². The van der Waals surface area contributed by atoms with Gasteiger partial charge < -0.3 is 15.2 Å². The summed E-state index contributed by atoms with van der Waals surface area (Å²) in [6.07, 6.45) is 5.47. The molecular formula is C19H25NO4. The largest absolute Gasteiger partial charge is 0.469 e. The number of methoxy groups -OCH3 is 1. The summed E-state index contributed by atoms with van der Waals surface area (Å²) in [5.41, 5.74) is 2.32. The zero-order valence-electron chi connectivity index (χ0n) is 14.1. The Morgan fingerprint density at radius 2 is 1.96 bits per heavy atom. The molecule has 1 aromatic carbocycles. The first-order valence-electron chi connectivity index (χ1n) is 8.71. The maximum atomic E-state index is 12.4. The Balaban J connectivity index is 1.54. The second-order valence-electron chi connectivity index (χ2n) is 7.04. The molecule has 0 saturated heterocycles. The van der Waals surface area contributed by atoms with E-state index in [2.05, 4.69) is 5.32 Å². The van der Waals surface area contributed by atoms with Crippen molar-refractivity contribution in [1.29, 1.82) is 0 Å². The minimum Gasteiger partial charge on any atom is -0.469 e. The van der Waals surface area contributed by atoms with E-state index in [1.165, 1.54) is 18.2 Å². The van der Waals surface area contributed by atoms with E-state index in [1.807, 2.05) is 18.2 Å². The van der Waals surface area contributed by atoms with Crippen molar-refractivity contribution in [3.8, 4) is 0 Å². The molecule has 0 aliphatic heterocycles. The lowest BCUT2D eigenvalue weighted by molar-refractivity contribution is -0.148. The monoisotopic (exact) mass is 331 g/mol. The van der Waals surface area contributed by atoms with Gasteiger partial charge in [-0.2, -0.15) is 0 Å². The van der Waals surface area contributed by atoms with Crippen LogP contribution in [0.1, 0.15) is 53.6 Å². The first-order chi connectivity index (χ1) is 11.5. The molecule has 1 saturated carbocycles. The molecule has 2 N–H and O–H groups in total. The molecule has 2 aliphatic carbocycles. The second kappa shape index (κ2) is 6.93. The van der Waals surface area contributed by atoms with Crippen molar-refractivity contribution in [3.05, 3.63) is 34.9 Å². The highest BCUT2D eigenvalue weighted by Crippen LogP contribution is 2.32. The lowest BCUT2D eigenvalue weighted by atomic mass is 9.78. The number of benzene rings is 1. The number of nitrogens with one attached hydrogen (secondary N) is 1. The predicted molar refractivity (Wildman–Crippen MR) is 89.7 cm³/mol. The van der Waals surface area contributed by atoms with Crippen LogP contribution in [0, 0.1) is 5.92 Å². The van der Waals surface area contributed by atoms with Gasteiger partial charge in [-0.25, -0.2) is 0 Å². The fourth-order valence-corrected chi connectivity index (χ4v) is 3.79. The molecule has 0 bridgehead atoms. The molecule has 0 radical (unpaired) electrons. The third-order valence-corrected chi connectivity index (χ3v) is 5.39. The molecule has 3 rings (SSSR count). The molecule has 5 nitrogen and oxygen atoms in total. The number of carbonyl (C=O) groups excluding carboxylic acids is 2. The molecule has 1 fully saturated rings. The van der Waals surface area contributed by atoms with Crippen molar-refractivity contribution in [2.24, 2.45) is 5.92 Å². The number of fused-ring (bicyclic) bond motifs is 1. The third-order valence-electron chi connectivity index (χ3n) is 5.39. The summed E-state index contributed by atoms with van der Waals surface area (Å²) in [4.78, 5) is 23.9. The Morgan fingerprint density at radius 1 is 1.25 bits per heavy atom. The molecule has 24 heavy (non-hydrogen) atoms. The average Bonchev–Trinajstić information content (AvgIpc) is 3.07. The third kappa shape index (κ3) is 3.61. The van der Waals surface area contributed by atoms with Crippen LogP contribution in [-0.2, 0) is 22.4 Å². The van der Waals surface area contributed by atoms with Crippen LogP contribution in [-0.4, -0.2) is 36.2 Å². The molecule has 2 aliphatic rings. The number of rotatable bonds is 4. The summed E-state index contributed by atoms with van der Waals surface area (Å²) in [5, 5.41) is 13.5. The quantitative estimate of drug-likeness (QED) is 0.828. The first kappa shape index (κ1) is 17.0. The highest BCUT2D eigenvalue weighted by molar-refractivity contribution is 5.94. The van der Waals surface area contributed by atoms with E-state index in [9.17, 15) is 14.7 Å². The van der Waals surface area contributed by atoms with Crippen LogP contribution in [0.25, 0.3) is 0 Å². The molecule has 0 heterocycles. The molecular weight excluding hydrogens is 306 g/mol. The summed E-state index contributed by atoms with van der Waals surface area (Å²) in [7, 11) is 1.39. The molecule has 0 unspecified atom stereocenters. The van der Waals surface area contributed by atoms with E-state index in [1.54, 1.807) is 0 Å². The summed E-state index contributed by atoms with van der Waals surface area (Å²) < 4.78 is 4.76. The van der Waals surface area contributed by atoms with Gasteiger partial charge in [0.05, 0.1) is 18.6 Å². The van der Waals surface area contributed by atoms with Crippen LogP contribution in [0.3, 0.4) is 0 Å². The fourth-order valence-electron chi connectivity index (χ4n) is 3.79. The van der Waals surface area contributed by atoms with Crippen LogP contribution in [0.4, 0.5) is 0 Å². The first-order valence-corrected chi connectivity index (χ1v) is 8.71. The minimum atomic E-state index is -0.934. The fraction of sp³-hybridized carbons (Fsp3) is 0.579. The number of ether oxygens (including phenoxy) is 1. The van der Waals surface area contributed by atoms with Crippen LogP contribution in [0.2, 0.25) is 0 Å². The molecule has 0 aromatic heterocycles. The van der Waals surface area contributed by atoms with Gasteiger partial charge in [0.1, 0.15) is 0 Å². The van der Waals surface area contributed by atoms with Crippen LogP contribution in [0.5, 0.6) is 0 Å². The second-order valence-corrected chi connectivity index (χ2v) is 7.04. The van der Waals surface area contributed by atoms with Gasteiger partial charge in [-0.3, -0.25) is 9.59 Å². The van der Waals surface area contributed by atoms with E-state index in [0.29, 0.717) is 31.2 Å². The molecule has 1 aromatic rings. The van der Waals surface area contributed by atoms with Crippen LogP contribution < -0.4 is 5.32 Å². The van der Waals surface area contributed by atoms with Crippen molar-refractivity contribution < 1.29 is 19.4 Å². The molecule has 0 atom stereocenters. The van der Waals surface area contributed by atoms with E-state index < -0.39 is 5.60 Å². The van der Waals surface area contributed by atoms with Gasteiger partial charge in [-0.15, -0.1) is 0 Å². The number of aliphatic hydroxyl groups is 1. The van der Waals surface area contributed by atoms with Gasteiger partial charge in [0.2, 0.25) is 0 Å². The zero-order valence-corrected chi connectivity index (χ0v) is 14.1. The lowest BCUT2D eigenvalue weighted by Gasteiger charge is -2.35. The smallest absolute Gasteiger partial charge is 0.308 e. The van der Waals surface area contributed by atoms with Gasteiger partial charge in [-0.1, -0.05) is 6.07 Å². The lowest BCUT2D eigenvalue weighted by Crippen LogP contribution is -2.46. The van der Waals surface area contributed by atoms with E-state index in [0.717, 1.165) is 19.3 Å². The Hall–Kier alpha value is -1.88. The number of esters is 1. The maximum Gasteiger partial charge on any atom is 0.308 e. The van der Waals surface area contributed by atoms with E-state index >= 15 is 0 Å². The average molecular weight is 331 g/mol. The number of aryl methyl sites for hydroxylation is 2. The maximum absolute atomic E-state index is 12.4. The number of carbonyl (C=O) groups is 2. The summed E-state index contributed by atoms with van der Waals surface area (Å²) >= 11 is 0. The summed E-state index contributed by atoms with van der Waals surface area (Å²) in [6.45, 7) is 0.219. The number of amides is 1. The standard InChI is InChI=1S/C19H25NO4/c1-24-18(22)14-7-9-19(23,10-8-14)12-20-17(21)16-6-5-13-3-2-4-15(13)11-16/h5-6,11,14,23H,2-4,7-10,12H2,1H3,(H,20,21). The van der Waals surface area contributed by atoms with Crippen molar-refractivity contribution in [3.63, 3.8) is 0 Å². The molecule has 130 valence electrons. The van der Waals surface area contributed by atoms with Gasteiger partial charge in [0.25, 0.3) is 5.91 Å². The van der Waals surface area contributed by atoms with E-state index in [-0.39, 0.29) is 24.3 Å². The normalized spacial score (nSPS) is 25.8. The Bertz CT molecular complexity index is 632. The van der Waals surface area contributed by atoms with Crippen molar-refractivity contribution >= 4 is 11.9 Å². The molecule has 1 amide bonds. The summed E-state index contributed by atoms with van der Waals surface area (Å²) in [5.74, 6) is -0.491. The Kier molecular flexibility index (Phi) is 4.90. The van der Waals surface area contributed by atoms with Crippen molar-refractivity contribution in [2.75, 3.05) is 13.7 Å². The highest BCUT2D eigenvalue weighted by atomic mass is 16.5. The highest BCUT2D eigenvalue weighted by Gasteiger charge is 2.36. The minimum absolute atomic E-state index is 0.136. The SMILES string of the molecule is COC(=O)C1CCC(O)(CNC(=O)c2ccc3c(c2)CCC3)CC1. The van der Waals surface area contributed by atoms with Crippen LogP contribution in [0.15, 0.2) is 18.2 Å². The van der Waals surface area contributed by atoms with Gasteiger partial charge >= 0.3 is 5.97 Å². The number of hydrogen-bond donors (Lipinski definition) is 2. The van der Waals surface area contributed by atoms with Crippen molar-refractivity contribution in [1.82, 2.24) is 5.32 Å². The van der Waals surface area contributed by atoms with Gasteiger partial charge in [0, 0.05) is 12.1 Å². The zero-order chi connectivity index (χ0) is 17.2. The predicted octanol–water partition coefficient (Wildman–Crippen LogP) is 2.00. The topological polar surface area (TPSA) is 75.6 Å². The molecule has 0 spiro atoms. The summed E-state index contributed by atoms with van der Waals surface area (Å²) in [6, 6.07) is 5.86. The Morgan fingerprint density at radius 3 is 2.67 bits per heavy atom. The molecule has 5 heteroatoms. The number of hydrogen-bond acceptors (Lipinski definition) is 4. The van der Waals surface area contributed by atoms with Gasteiger partial charge in [0.15, 0.2) is 0 Å².